The molecule has 1 amide bonds. The highest BCUT2D eigenvalue weighted by Crippen LogP contribution is 2.19. The van der Waals surface area contributed by atoms with E-state index in [-0.39, 0.29) is 5.91 Å². The number of fused-ring (bicyclic) bond motifs is 1. The van der Waals surface area contributed by atoms with Crippen molar-refractivity contribution in [3.63, 3.8) is 0 Å². The van der Waals surface area contributed by atoms with Crippen LogP contribution >= 0.6 is 0 Å². The van der Waals surface area contributed by atoms with Crippen molar-refractivity contribution in [1.82, 2.24) is 10.2 Å². The van der Waals surface area contributed by atoms with E-state index in [9.17, 15) is 4.79 Å². The lowest BCUT2D eigenvalue weighted by molar-refractivity contribution is -0.121. The van der Waals surface area contributed by atoms with E-state index in [2.05, 4.69) is 76.9 Å². The number of nitrogens with one attached hydrogen (secondary N) is 1. The molecule has 3 aromatic rings. The quantitative estimate of drug-likeness (QED) is 0.614. The number of likely N-dealkylation sites (tertiary alicyclic amines) is 1. The van der Waals surface area contributed by atoms with Gasteiger partial charge < -0.3 is 5.32 Å². The van der Waals surface area contributed by atoms with Crippen LogP contribution in [0.5, 0.6) is 0 Å². The highest BCUT2D eigenvalue weighted by Gasteiger charge is 2.10. The third kappa shape index (κ3) is 5.45. The van der Waals surface area contributed by atoms with Gasteiger partial charge in [-0.1, -0.05) is 73.2 Å². The number of piperidine rings is 1. The van der Waals surface area contributed by atoms with Gasteiger partial charge in [-0.2, -0.15) is 0 Å². The Morgan fingerprint density at radius 1 is 0.828 bits per heavy atom. The number of aryl methyl sites for hydroxylation is 1. The van der Waals surface area contributed by atoms with Gasteiger partial charge in [-0.15, -0.1) is 0 Å². The lowest BCUT2D eigenvalue weighted by Crippen LogP contribution is -2.29. The molecule has 0 spiro atoms. The molecular weight excluding hydrogens is 356 g/mol. The number of amides is 1. The fourth-order valence-corrected chi connectivity index (χ4v) is 4.19. The predicted octanol–water partition coefficient (Wildman–Crippen LogP) is 5.07. The zero-order chi connectivity index (χ0) is 19.9. The smallest absolute Gasteiger partial charge is 0.220 e. The molecule has 3 nitrogen and oxygen atoms in total. The largest absolute Gasteiger partial charge is 0.352 e. The molecule has 1 aliphatic rings. The minimum atomic E-state index is 0.107. The number of carbonyl (C=O) groups is 1. The minimum absolute atomic E-state index is 0.107. The summed E-state index contributed by atoms with van der Waals surface area (Å²) in [7, 11) is 0. The normalized spacial score (nSPS) is 14.8. The Morgan fingerprint density at radius 3 is 2.38 bits per heavy atom. The first-order valence-electron chi connectivity index (χ1n) is 10.8. The standard InChI is InChI=1S/C26H30N2O/c29-26(16-15-24-9-6-8-23-7-2-3-10-25(23)24)27-19-21-11-13-22(14-12-21)20-28-17-4-1-5-18-28/h2-3,6-14H,1,4-5,15-20H2,(H,27,29). The molecular formula is C26H30N2O. The lowest BCUT2D eigenvalue weighted by Gasteiger charge is -2.26. The van der Waals surface area contributed by atoms with Crippen molar-refractivity contribution in [3.05, 3.63) is 83.4 Å². The summed E-state index contributed by atoms with van der Waals surface area (Å²) < 4.78 is 0. The molecule has 4 rings (SSSR count). The van der Waals surface area contributed by atoms with Gasteiger partial charge in [0.05, 0.1) is 0 Å². The number of hydrogen-bond acceptors (Lipinski definition) is 2. The average molecular weight is 387 g/mol. The highest BCUT2D eigenvalue weighted by molar-refractivity contribution is 5.86. The molecule has 0 saturated carbocycles. The van der Waals surface area contributed by atoms with Gasteiger partial charge in [0, 0.05) is 19.5 Å². The summed E-state index contributed by atoms with van der Waals surface area (Å²) in [6.07, 6.45) is 5.30. The van der Waals surface area contributed by atoms with Crippen molar-refractivity contribution >= 4 is 16.7 Å². The Labute approximate surface area is 173 Å². The summed E-state index contributed by atoms with van der Waals surface area (Å²) in [6, 6.07) is 23.4. The zero-order valence-corrected chi connectivity index (χ0v) is 17.1. The minimum Gasteiger partial charge on any atom is -0.352 e. The number of hydrogen-bond donors (Lipinski definition) is 1. The Bertz CT molecular complexity index is 937. The topological polar surface area (TPSA) is 32.3 Å². The van der Waals surface area contributed by atoms with Crippen LogP contribution in [0.3, 0.4) is 0 Å². The first-order chi connectivity index (χ1) is 14.3. The van der Waals surface area contributed by atoms with Gasteiger partial charge >= 0.3 is 0 Å². The van der Waals surface area contributed by atoms with Gasteiger partial charge in [0.2, 0.25) is 5.91 Å². The third-order valence-corrected chi connectivity index (χ3v) is 5.87. The van der Waals surface area contributed by atoms with Crippen LogP contribution in [-0.4, -0.2) is 23.9 Å². The lowest BCUT2D eigenvalue weighted by atomic mass is 10.0. The molecule has 3 aromatic carbocycles. The Morgan fingerprint density at radius 2 is 1.55 bits per heavy atom. The summed E-state index contributed by atoms with van der Waals surface area (Å²) in [5.41, 5.74) is 3.75. The maximum atomic E-state index is 12.3. The van der Waals surface area contributed by atoms with Crippen LogP contribution in [0, 0.1) is 0 Å². The van der Waals surface area contributed by atoms with Gasteiger partial charge in [-0.3, -0.25) is 9.69 Å². The molecule has 150 valence electrons. The zero-order valence-electron chi connectivity index (χ0n) is 17.1. The molecule has 3 heteroatoms. The van der Waals surface area contributed by atoms with Crippen LogP contribution in [0.2, 0.25) is 0 Å². The molecule has 29 heavy (non-hydrogen) atoms. The third-order valence-electron chi connectivity index (χ3n) is 5.87. The molecule has 1 heterocycles. The van der Waals surface area contributed by atoms with Crippen molar-refractivity contribution in [3.8, 4) is 0 Å². The molecule has 1 aliphatic heterocycles. The van der Waals surface area contributed by atoms with E-state index >= 15 is 0 Å². The van der Waals surface area contributed by atoms with Gasteiger partial charge in [-0.25, -0.2) is 0 Å². The maximum absolute atomic E-state index is 12.3. The Balaban J connectivity index is 1.25. The molecule has 0 unspecified atom stereocenters. The number of nitrogens with zero attached hydrogens (tertiary/aromatic N) is 1. The number of rotatable bonds is 7. The van der Waals surface area contributed by atoms with Crippen LogP contribution in [0.1, 0.15) is 42.4 Å². The Kier molecular flexibility index (Phi) is 6.58. The first kappa shape index (κ1) is 19.7. The van der Waals surface area contributed by atoms with Gasteiger partial charge in [0.15, 0.2) is 0 Å². The summed E-state index contributed by atoms with van der Waals surface area (Å²) in [5, 5.41) is 5.54. The fourth-order valence-electron chi connectivity index (χ4n) is 4.19. The van der Waals surface area contributed by atoms with Crippen molar-refractivity contribution in [2.24, 2.45) is 0 Å². The van der Waals surface area contributed by atoms with Crippen LogP contribution < -0.4 is 5.32 Å². The highest BCUT2D eigenvalue weighted by atomic mass is 16.1. The van der Waals surface area contributed by atoms with Crippen LogP contribution in [0.4, 0.5) is 0 Å². The van der Waals surface area contributed by atoms with Crippen LogP contribution in [0.25, 0.3) is 10.8 Å². The fraction of sp³-hybridized carbons (Fsp3) is 0.346. The van der Waals surface area contributed by atoms with Crippen LogP contribution in [0.15, 0.2) is 66.7 Å². The molecule has 0 radical (unpaired) electrons. The molecule has 0 aromatic heterocycles. The summed E-state index contributed by atoms with van der Waals surface area (Å²) >= 11 is 0. The second-order valence-corrected chi connectivity index (χ2v) is 8.07. The second kappa shape index (κ2) is 9.71. The van der Waals surface area contributed by atoms with Crippen molar-refractivity contribution in [1.29, 1.82) is 0 Å². The maximum Gasteiger partial charge on any atom is 0.220 e. The molecule has 0 atom stereocenters. The van der Waals surface area contributed by atoms with E-state index in [1.54, 1.807) is 0 Å². The van der Waals surface area contributed by atoms with E-state index in [4.69, 9.17) is 0 Å². The van der Waals surface area contributed by atoms with Crippen molar-refractivity contribution < 1.29 is 4.79 Å². The van der Waals surface area contributed by atoms with Gasteiger partial charge in [0.1, 0.15) is 0 Å². The van der Waals surface area contributed by atoms with E-state index < -0.39 is 0 Å². The van der Waals surface area contributed by atoms with E-state index in [1.807, 2.05) is 0 Å². The number of carbonyl (C=O) groups excluding carboxylic acids is 1. The summed E-state index contributed by atoms with van der Waals surface area (Å²) in [4.78, 5) is 14.9. The Hall–Kier alpha value is -2.65. The number of benzene rings is 3. The first-order valence-corrected chi connectivity index (χ1v) is 10.8. The summed E-state index contributed by atoms with van der Waals surface area (Å²) in [5.74, 6) is 0.107. The predicted molar refractivity (Wildman–Crippen MR) is 120 cm³/mol. The van der Waals surface area contributed by atoms with Crippen molar-refractivity contribution in [2.45, 2.75) is 45.2 Å². The second-order valence-electron chi connectivity index (χ2n) is 8.07. The van der Waals surface area contributed by atoms with E-state index in [0.717, 1.165) is 18.5 Å². The monoisotopic (exact) mass is 386 g/mol. The van der Waals surface area contributed by atoms with E-state index in [1.165, 1.54) is 54.3 Å². The molecule has 1 fully saturated rings. The average Bonchev–Trinajstić information content (AvgIpc) is 2.78. The molecule has 0 bridgehead atoms. The van der Waals surface area contributed by atoms with Gasteiger partial charge in [-0.05, 0) is 59.8 Å². The molecule has 1 N–H and O–H groups in total. The van der Waals surface area contributed by atoms with Crippen molar-refractivity contribution in [2.75, 3.05) is 13.1 Å². The van der Waals surface area contributed by atoms with Gasteiger partial charge in [0.25, 0.3) is 0 Å². The SMILES string of the molecule is O=C(CCc1cccc2ccccc12)NCc1ccc(CN2CCCCC2)cc1. The molecule has 1 saturated heterocycles. The van der Waals surface area contributed by atoms with E-state index in [0.29, 0.717) is 13.0 Å². The molecule has 0 aliphatic carbocycles. The summed E-state index contributed by atoms with van der Waals surface area (Å²) in [6.45, 7) is 4.07. The van der Waals surface area contributed by atoms with Crippen LogP contribution in [-0.2, 0) is 24.3 Å².